The van der Waals surface area contributed by atoms with Gasteiger partial charge in [-0.3, -0.25) is 0 Å². The molecule has 1 saturated carbocycles. The minimum Gasteiger partial charge on any atom is -0.395 e. The third-order valence-electron chi connectivity index (χ3n) is 3.58. The molecule has 1 aromatic rings. The molecule has 7 heteroatoms. The number of aliphatic hydroxyl groups excluding tert-OH is 1. The van der Waals surface area contributed by atoms with Crippen LogP contribution in [0, 0.1) is 5.82 Å². The van der Waals surface area contributed by atoms with Crippen LogP contribution in [-0.4, -0.2) is 42.0 Å². The van der Waals surface area contributed by atoms with Crippen LogP contribution in [0.15, 0.2) is 23.4 Å². The highest BCUT2D eigenvalue weighted by Gasteiger charge is 2.34. The number of sulfonamides is 1. The van der Waals surface area contributed by atoms with Crippen molar-refractivity contribution in [2.45, 2.75) is 43.2 Å². The van der Waals surface area contributed by atoms with Gasteiger partial charge in [-0.2, -0.15) is 4.31 Å². The fourth-order valence-electron chi connectivity index (χ4n) is 2.64. The summed E-state index contributed by atoms with van der Waals surface area (Å²) in [6.45, 7) is -0.312. The van der Waals surface area contributed by atoms with Gasteiger partial charge in [-0.15, -0.1) is 0 Å². The highest BCUT2D eigenvalue weighted by Crippen LogP contribution is 2.27. The molecular formula is C13H19FN2O3S. The van der Waals surface area contributed by atoms with E-state index in [0.717, 1.165) is 38.2 Å². The molecule has 1 N–H and O–H groups in total. The average molecular weight is 302 g/mol. The molecule has 0 bridgehead atoms. The number of hydrogen-bond donors (Lipinski definition) is 1. The minimum absolute atomic E-state index is 0.0248. The minimum atomic E-state index is -4.01. The molecule has 1 aromatic heterocycles. The second-order valence-electron chi connectivity index (χ2n) is 4.92. The van der Waals surface area contributed by atoms with Crippen LogP contribution in [0.25, 0.3) is 0 Å². The van der Waals surface area contributed by atoms with Gasteiger partial charge in [0.15, 0.2) is 5.82 Å². The third kappa shape index (κ3) is 3.16. The van der Waals surface area contributed by atoms with Gasteiger partial charge in [0, 0.05) is 18.8 Å². The van der Waals surface area contributed by atoms with Crippen LogP contribution in [0.3, 0.4) is 0 Å². The molecule has 2 rings (SSSR count). The van der Waals surface area contributed by atoms with Crippen molar-refractivity contribution in [3.05, 3.63) is 24.1 Å². The van der Waals surface area contributed by atoms with E-state index in [2.05, 4.69) is 4.98 Å². The maximum Gasteiger partial charge on any atom is 0.263 e. The lowest BCUT2D eigenvalue weighted by Gasteiger charge is -2.32. The van der Waals surface area contributed by atoms with E-state index in [0.29, 0.717) is 0 Å². The molecule has 5 nitrogen and oxygen atoms in total. The van der Waals surface area contributed by atoms with Crippen LogP contribution in [0.4, 0.5) is 4.39 Å². The summed E-state index contributed by atoms with van der Waals surface area (Å²) < 4.78 is 40.0. The van der Waals surface area contributed by atoms with Crippen molar-refractivity contribution in [1.29, 1.82) is 0 Å². The summed E-state index contributed by atoms with van der Waals surface area (Å²) >= 11 is 0. The molecular weight excluding hydrogens is 283 g/mol. The zero-order valence-electron chi connectivity index (χ0n) is 11.2. The Kier molecular flexibility index (Phi) is 5.06. The van der Waals surface area contributed by atoms with E-state index >= 15 is 0 Å². The maximum atomic E-state index is 13.7. The number of rotatable bonds is 5. The van der Waals surface area contributed by atoms with E-state index in [1.807, 2.05) is 0 Å². The van der Waals surface area contributed by atoms with Gasteiger partial charge in [-0.05, 0) is 25.0 Å². The van der Waals surface area contributed by atoms with E-state index in [1.165, 1.54) is 16.6 Å². The first-order chi connectivity index (χ1) is 9.57. The van der Waals surface area contributed by atoms with Crippen molar-refractivity contribution in [3.63, 3.8) is 0 Å². The summed E-state index contributed by atoms with van der Waals surface area (Å²) in [4.78, 5) is 3.66. The SMILES string of the molecule is O=S(=O)(c1ncccc1F)N(CCO)C1CCCCC1. The first kappa shape index (κ1) is 15.3. The summed E-state index contributed by atoms with van der Waals surface area (Å²) in [7, 11) is -4.01. The molecule has 0 unspecified atom stereocenters. The van der Waals surface area contributed by atoms with Gasteiger partial charge in [0.1, 0.15) is 0 Å². The number of hydrogen-bond acceptors (Lipinski definition) is 4. The average Bonchev–Trinajstić information content (AvgIpc) is 2.45. The fraction of sp³-hybridized carbons (Fsp3) is 0.615. The first-order valence-corrected chi connectivity index (χ1v) is 8.24. The van der Waals surface area contributed by atoms with Gasteiger partial charge in [-0.1, -0.05) is 19.3 Å². The van der Waals surface area contributed by atoms with E-state index in [-0.39, 0.29) is 19.2 Å². The normalized spacial score (nSPS) is 17.6. The van der Waals surface area contributed by atoms with E-state index in [9.17, 15) is 12.8 Å². The number of aliphatic hydroxyl groups is 1. The Bertz CT molecular complexity index is 544. The molecule has 0 spiro atoms. The maximum absolute atomic E-state index is 13.7. The summed E-state index contributed by atoms with van der Waals surface area (Å²) in [5.41, 5.74) is 0. The van der Waals surface area contributed by atoms with Crippen LogP contribution in [0.1, 0.15) is 32.1 Å². The Morgan fingerprint density at radius 1 is 1.35 bits per heavy atom. The molecule has 1 aliphatic rings. The first-order valence-electron chi connectivity index (χ1n) is 6.80. The predicted molar refractivity (Wildman–Crippen MR) is 72.0 cm³/mol. The van der Waals surface area contributed by atoms with Crippen molar-refractivity contribution in [1.82, 2.24) is 9.29 Å². The number of nitrogens with zero attached hydrogens (tertiary/aromatic N) is 2. The molecule has 0 radical (unpaired) electrons. The number of halogens is 1. The van der Waals surface area contributed by atoms with Crippen LogP contribution < -0.4 is 0 Å². The van der Waals surface area contributed by atoms with Crippen LogP contribution in [0.2, 0.25) is 0 Å². The highest BCUT2D eigenvalue weighted by molar-refractivity contribution is 7.89. The van der Waals surface area contributed by atoms with Gasteiger partial charge in [0.25, 0.3) is 10.0 Å². The zero-order chi connectivity index (χ0) is 14.6. The Morgan fingerprint density at radius 3 is 2.65 bits per heavy atom. The van der Waals surface area contributed by atoms with Crippen LogP contribution in [0.5, 0.6) is 0 Å². The molecule has 1 aliphatic carbocycles. The van der Waals surface area contributed by atoms with E-state index in [4.69, 9.17) is 5.11 Å². The Labute approximate surface area is 118 Å². The quantitative estimate of drug-likeness (QED) is 0.895. The molecule has 0 aromatic carbocycles. The molecule has 112 valence electrons. The highest BCUT2D eigenvalue weighted by atomic mass is 32.2. The molecule has 20 heavy (non-hydrogen) atoms. The number of pyridine rings is 1. The molecule has 1 heterocycles. The summed E-state index contributed by atoms with van der Waals surface area (Å²) in [5.74, 6) is -0.855. The molecule has 0 amide bonds. The Hall–Kier alpha value is -1.05. The summed E-state index contributed by atoms with van der Waals surface area (Å²) in [6, 6.07) is 2.26. The van der Waals surface area contributed by atoms with Gasteiger partial charge in [-0.25, -0.2) is 17.8 Å². The van der Waals surface area contributed by atoms with Gasteiger partial charge < -0.3 is 5.11 Å². The molecule has 0 aliphatic heterocycles. The lowest BCUT2D eigenvalue weighted by Crippen LogP contribution is -2.43. The van der Waals surface area contributed by atoms with Gasteiger partial charge in [0.2, 0.25) is 5.03 Å². The lowest BCUT2D eigenvalue weighted by molar-refractivity contribution is 0.198. The zero-order valence-corrected chi connectivity index (χ0v) is 12.0. The van der Waals surface area contributed by atoms with Crippen molar-refractivity contribution in [2.75, 3.05) is 13.2 Å². The second kappa shape index (κ2) is 6.60. The summed E-state index contributed by atoms with van der Waals surface area (Å²) in [5, 5.41) is 8.57. The Balaban J connectivity index is 2.34. The van der Waals surface area contributed by atoms with Crippen molar-refractivity contribution < 1.29 is 17.9 Å². The third-order valence-corrected chi connectivity index (χ3v) is 5.47. The lowest BCUT2D eigenvalue weighted by atomic mass is 9.95. The summed E-state index contributed by atoms with van der Waals surface area (Å²) in [6.07, 6.45) is 5.73. The second-order valence-corrected chi connectivity index (χ2v) is 6.73. The molecule has 0 atom stereocenters. The standard InChI is InChI=1S/C13H19FN2O3S/c14-12-7-4-8-15-13(12)20(18,19)16(9-10-17)11-5-2-1-3-6-11/h4,7-8,11,17H,1-3,5-6,9-10H2. The van der Waals surface area contributed by atoms with Gasteiger partial charge >= 0.3 is 0 Å². The van der Waals surface area contributed by atoms with Crippen molar-refractivity contribution >= 4 is 10.0 Å². The molecule has 0 saturated heterocycles. The predicted octanol–water partition coefficient (Wildman–Crippen LogP) is 1.54. The Morgan fingerprint density at radius 2 is 2.05 bits per heavy atom. The van der Waals surface area contributed by atoms with Crippen LogP contribution >= 0.6 is 0 Å². The fourth-order valence-corrected chi connectivity index (χ4v) is 4.29. The monoisotopic (exact) mass is 302 g/mol. The van der Waals surface area contributed by atoms with Crippen molar-refractivity contribution in [3.8, 4) is 0 Å². The topological polar surface area (TPSA) is 70.5 Å². The largest absolute Gasteiger partial charge is 0.395 e. The van der Waals surface area contributed by atoms with Crippen molar-refractivity contribution in [2.24, 2.45) is 0 Å². The molecule has 1 fully saturated rings. The van der Waals surface area contributed by atoms with Crippen LogP contribution in [-0.2, 0) is 10.0 Å². The smallest absolute Gasteiger partial charge is 0.263 e. The van der Waals surface area contributed by atoms with Gasteiger partial charge in [0.05, 0.1) is 6.61 Å². The van der Waals surface area contributed by atoms with E-state index in [1.54, 1.807) is 0 Å². The van der Waals surface area contributed by atoms with E-state index < -0.39 is 20.9 Å². The number of aromatic nitrogens is 1.